The first kappa shape index (κ1) is 19.8. The number of H-pyrrole nitrogens is 1. The lowest BCUT2D eigenvalue weighted by Gasteiger charge is -2.51. The van der Waals surface area contributed by atoms with E-state index in [0.717, 1.165) is 55.5 Å². The number of hydrogen-bond acceptors (Lipinski definition) is 4. The average molecular weight is 418 g/mol. The molecule has 6 heteroatoms. The molecule has 0 radical (unpaired) electrons. The van der Waals surface area contributed by atoms with Crippen LogP contribution in [0, 0.1) is 16.0 Å². The maximum Gasteiger partial charge on any atom is 0.270 e. The van der Waals surface area contributed by atoms with E-state index in [1.807, 2.05) is 18.2 Å². The van der Waals surface area contributed by atoms with Gasteiger partial charge < -0.3 is 9.72 Å². The van der Waals surface area contributed by atoms with Gasteiger partial charge in [-0.1, -0.05) is 18.2 Å². The van der Waals surface area contributed by atoms with Crippen LogP contribution in [-0.2, 0) is 18.3 Å². The quantitative estimate of drug-likeness (QED) is 0.373. The summed E-state index contributed by atoms with van der Waals surface area (Å²) in [5.74, 6) is 1.30. The van der Waals surface area contributed by atoms with Gasteiger partial charge in [0.25, 0.3) is 5.69 Å². The molecule has 0 saturated carbocycles. The number of piperidine rings is 1. The maximum atomic E-state index is 11.3. The molecular weight excluding hydrogens is 390 g/mol. The van der Waals surface area contributed by atoms with E-state index in [1.165, 1.54) is 16.8 Å². The zero-order valence-electron chi connectivity index (χ0n) is 17.8. The Bertz CT molecular complexity index is 1170. The number of benzene rings is 2. The normalized spacial score (nSPS) is 23.2. The Kier molecular flexibility index (Phi) is 4.82. The fourth-order valence-corrected chi connectivity index (χ4v) is 5.75. The van der Waals surface area contributed by atoms with Crippen molar-refractivity contribution < 1.29 is 9.66 Å². The maximum absolute atomic E-state index is 11.3. The van der Waals surface area contributed by atoms with Gasteiger partial charge in [-0.25, -0.2) is 0 Å². The summed E-state index contributed by atoms with van der Waals surface area (Å²) >= 11 is 0. The molecule has 0 amide bonds. The lowest BCUT2D eigenvalue weighted by atomic mass is 9.58. The van der Waals surface area contributed by atoms with E-state index in [2.05, 4.69) is 34.7 Å². The number of aromatic nitrogens is 1. The highest BCUT2D eigenvalue weighted by Crippen LogP contribution is 2.49. The summed E-state index contributed by atoms with van der Waals surface area (Å²) in [5.41, 5.74) is 4.93. The fourth-order valence-electron chi connectivity index (χ4n) is 5.75. The highest BCUT2D eigenvalue weighted by atomic mass is 16.6. The van der Waals surface area contributed by atoms with Gasteiger partial charge in [0.2, 0.25) is 0 Å². The molecule has 1 N–H and O–H groups in total. The third-order valence-electron chi connectivity index (χ3n) is 7.30. The van der Waals surface area contributed by atoms with Crippen molar-refractivity contribution in [2.75, 3.05) is 26.7 Å². The Hall–Kier alpha value is -3.12. The van der Waals surface area contributed by atoms with Crippen molar-refractivity contribution in [1.29, 1.82) is 0 Å². The summed E-state index contributed by atoms with van der Waals surface area (Å²) in [6.07, 6.45) is 4.85. The monoisotopic (exact) mass is 417 g/mol. The fraction of sp³-hybridized carbons (Fsp3) is 0.360. The molecular formula is C25H27N3O3. The predicted octanol–water partition coefficient (Wildman–Crippen LogP) is 4.63. The van der Waals surface area contributed by atoms with Crippen LogP contribution in [0.3, 0.4) is 0 Å². The molecule has 0 bridgehead atoms. The van der Waals surface area contributed by atoms with Crippen molar-refractivity contribution in [2.45, 2.75) is 24.7 Å². The topological polar surface area (TPSA) is 71.4 Å². The SMILES string of the molecule is C=CCN1CC[C@]2(c3cccc(OC)c3)Cc3[nH]c4ccc([N+](=O)[O-])cc4c3CC2C1. The van der Waals surface area contributed by atoms with E-state index in [4.69, 9.17) is 4.74 Å². The molecule has 1 aliphatic heterocycles. The van der Waals surface area contributed by atoms with Crippen LogP contribution in [0.25, 0.3) is 10.9 Å². The number of nitrogens with zero attached hydrogens (tertiary/aromatic N) is 2. The van der Waals surface area contributed by atoms with Gasteiger partial charge >= 0.3 is 0 Å². The summed E-state index contributed by atoms with van der Waals surface area (Å²) in [6, 6.07) is 13.7. The number of aromatic amines is 1. The molecule has 1 unspecified atom stereocenters. The Labute approximate surface area is 181 Å². The number of fused-ring (bicyclic) bond motifs is 4. The minimum Gasteiger partial charge on any atom is -0.497 e. The van der Waals surface area contributed by atoms with Gasteiger partial charge in [0.15, 0.2) is 0 Å². The number of ether oxygens (including phenoxy) is 1. The summed E-state index contributed by atoms with van der Waals surface area (Å²) in [7, 11) is 1.71. The van der Waals surface area contributed by atoms with Gasteiger partial charge in [-0.2, -0.15) is 0 Å². The molecule has 0 spiro atoms. The van der Waals surface area contributed by atoms with E-state index in [-0.39, 0.29) is 16.0 Å². The summed E-state index contributed by atoms with van der Waals surface area (Å²) in [6.45, 7) is 6.83. The molecule has 2 atom stereocenters. The number of methoxy groups -OCH3 is 1. The lowest BCUT2D eigenvalue weighted by Crippen LogP contribution is -2.53. The van der Waals surface area contributed by atoms with Gasteiger partial charge in [-0.15, -0.1) is 6.58 Å². The minimum absolute atomic E-state index is 0.0199. The molecule has 3 aromatic rings. The summed E-state index contributed by atoms with van der Waals surface area (Å²) < 4.78 is 5.54. The van der Waals surface area contributed by atoms with Crippen LogP contribution in [0.5, 0.6) is 5.75 Å². The molecule has 2 heterocycles. The van der Waals surface area contributed by atoms with Crippen molar-refractivity contribution in [3.63, 3.8) is 0 Å². The van der Waals surface area contributed by atoms with Crippen molar-refractivity contribution in [3.05, 3.63) is 82.1 Å². The first-order valence-electron chi connectivity index (χ1n) is 10.8. The molecule has 6 nitrogen and oxygen atoms in total. The zero-order chi connectivity index (χ0) is 21.6. The summed E-state index contributed by atoms with van der Waals surface area (Å²) in [5, 5.41) is 12.3. The van der Waals surface area contributed by atoms with Gasteiger partial charge in [0.05, 0.1) is 12.0 Å². The molecule has 1 aliphatic carbocycles. The largest absolute Gasteiger partial charge is 0.497 e. The number of hydrogen-bond donors (Lipinski definition) is 1. The van der Waals surface area contributed by atoms with Crippen LogP contribution in [0.1, 0.15) is 23.2 Å². The van der Waals surface area contributed by atoms with Crippen LogP contribution in [0.4, 0.5) is 5.69 Å². The minimum atomic E-state index is -0.311. The molecule has 1 fully saturated rings. The van der Waals surface area contributed by atoms with E-state index in [1.54, 1.807) is 19.2 Å². The van der Waals surface area contributed by atoms with E-state index in [9.17, 15) is 10.1 Å². The highest BCUT2D eigenvalue weighted by molar-refractivity contribution is 5.87. The van der Waals surface area contributed by atoms with Crippen molar-refractivity contribution in [2.24, 2.45) is 5.92 Å². The molecule has 160 valence electrons. The van der Waals surface area contributed by atoms with Crippen LogP contribution < -0.4 is 4.74 Å². The Morgan fingerprint density at radius 3 is 3.00 bits per heavy atom. The average Bonchev–Trinajstić information content (AvgIpc) is 3.14. The number of nitro groups is 1. The molecule has 5 rings (SSSR count). The van der Waals surface area contributed by atoms with Gasteiger partial charge in [0, 0.05) is 47.2 Å². The predicted molar refractivity (Wildman–Crippen MR) is 122 cm³/mol. The van der Waals surface area contributed by atoms with Crippen molar-refractivity contribution in [3.8, 4) is 5.75 Å². The summed E-state index contributed by atoms with van der Waals surface area (Å²) in [4.78, 5) is 17.1. The smallest absolute Gasteiger partial charge is 0.270 e. The first-order valence-corrected chi connectivity index (χ1v) is 10.8. The number of rotatable bonds is 5. The van der Waals surface area contributed by atoms with Crippen LogP contribution in [-0.4, -0.2) is 41.6 Å². The molecule has 31 heavy (non-hydrogen) atoms. The van der Waals surface area contributed by atoms with Crippen LogP contribution >= 0.6 is 0 Å². The zero-order valence-corrected chi connectivity index (χ0v) is 17.8. The molecule has 1 aromatic heterocycles. The molecule has 2 aromatic carbocycles. The van der Waals surface area contributed by atoms with E-state index >= 15 is 0 Å². The second-order valence-electron chi connectivity index (χ2n) is 8.83. The van der Waals surface area contributed by atoms with Crippen LogP contribution in [0.15, 0.2) is 55.1 Å². The van der Waals surface area contributed by atoms with E-state index in [0.29, 0.717) is 5.92 Å². The Morgan fingerprint density at radius 1 is 1.35 bits per heavy atom. The second-order valence-corrected chi connectivity index (χ2v) is 8.83. The van der Waals surface area contributed by atoms with Gasteiger partial charge in [0.1, 0.15) is 5.75 Å². The third-order valence-corrected chi connectivity index (χ3v) is 7.30. The lowest BCUT2D eigenvalue weighted by molar-refractivity contribution is -0.384. The Morgan fingerprint density at radius 2 is 2.23 bits per heavy atom. The van der Waals surface area contributed by atoms with Gasteiger partial charge in [-0.05, 0) is 61.1 Å². The third kappa shape index (κ3) is 3.22. The highest BCUT2D eigenvalue weighted by Gasteiger charge is 2.48. The van der Waals surface area contributed by atoms with Crippen LogP contribution in [0.2, 0.25) is 0 Å². The number of likely N-dealkylation sites (tertiary alicyclic amines) is 1. The standard InChI is InChI=1S/C25H27N3O3/c1-3-10-27-11-9-25(17-5-4-6-20(12-17)31-2)15-24-21(13-18(25)16-27)22-14-19(28(29)30)7-8-23(22)26-24/h3-8,12,14,18,26H,1,9-11,13,15-16H2,2H3/t18?,25-/m1/s1. The molecule has 2 aliphatic rings. The Balaban J connectivity index is 1.63. The number of nitro benzene ring substituents is 1. The number of non-ortho nitro benzene ring substituents is 1. The van der Waals surface area contributed by atoms with E-state index < -0.39 is 0 Å². The number of nitrogens with one attached hydrogen (secondary N) is 1. The second kappa shape index (κ2) is 7.54. The molecule has 1 saturated heterocycles. The van der Waals surface area contributed by atoms with Crippen molar-refractivity contribution in [1.82, 2.24) is 9.88 Å². The first-order chi connectivity index (χ1) is 15.0. The van der Waals surface area contributed by atoms with Gasteiger partial charge in [-0.3, -0.25) is 15.0 Å². The van der Waals surface area contributed by atoms with Crippen molar-refractivity contribution >= 4 is 16.6 Å².